The lowest BCUT2D eigenvalue weighted by Gasteiger charge is -2.13. The van der Waals surface area contributed by atoms with Gasteiger partial charge in [-0.1, -0.05) is 0 Å². The van der Waals surface area contributed by atoms with Crippen molar-refractivity contribution in [1.29, 1.82) is 0 Å². The molecule has 0 saturated heterocycles. The minimum absolute atomic E-state index is 0.282. The number of hydrogen-bond donors (Lipinski definition) is 3. The molecule has 8 heteroatoms. The molecule has 1 aromatic rings. The predicted molar refractivity (Wildman–Crippen MR) is 67.0 cm³/mol. The molecule has 0 aliphatic heterocycles. The van der Waals surface area contributed by atoms with Gasteiger partial charge >= 0.3 is 18.0 Å². The quantitative estimate of drug-likeness (QED) is 0.613. The SMILES string of the molecule is COC(=O)C[C@H](NC(=O)NCCc1ccco1)C(=O)O. The normalized spacial score (nSPS) is 11.4. The Morgan fingerprint density at radius 2 is 2.20 bits per heavy atom. The van der Waals surface area contributed by atoms with Crippen molar-refractivity contribution in [3.8, 4) is 0 Å². The summed E-state index contributed by atoms with van der Waals surface area (Å²) in [6.07, 6.45) is 1.57. The molecular formula is C12H16N2O6. The van der Waals surface area contributed by atoms with Crippen LogP contribution in [0.5, 0.6) is 0 Å². The summed E-state index contributed by atoms with van der Waals surface area (Å²) in [5, 5.41) is 13.5. The monoisotopic (exact) mass is 284 g/mol. The molecule has 0 saturated carbocycles. The van der Waals surface area contributed by atoms with Crippen molar-refractivity contribution in [2.45, 2.75) is 18.9 Å². The highest BCUT2D eigenvalue weighted by Crippen LogP contribution is 1.99. The van der Waals surface area contributed by atoms with Crippen LogP contribution >= 0.6 is 0 Å². The molecule has 8 nitrogen and oxygen atoms in total. The standard InChI is InChI=1S/C12H16N2O6/c1-19-10(15)7-9(11(16)17)14-12(18)13-5-4-8-3-2-6-20-8/h2-3,6,9H,4-5,7H2,1H3,(H,16,17)(H2,13,14,18)/t9-/m0/s1. The Hall–Kier alpha value is -2.51. The number of carbonyl (C=O) groups is 3. The largest absolute Gasteiger partial charge is 0.480 e. The molecule has 110 valence electrons. The molecule has 1 rings (SSSR count). The van der Waals surface area contributed by atoms with E-state index in [2.05, 4.69) is 15.4 Å². The average molecular weight is 284 g/mol. The highest BCUT2D eigenvalue weighted by Gasteiger charge is 2.23. The molecule has 0 bridgehead atoms. The van der Waals surface area contributed by atoms with Gasteiger partial charge in [-0.3, -0.25) is 4.79 Å². The van der Waals surface area contributed by atoms with Gasteiger partial charge in [0.25, 0.3) is 0 Å². The van der Waals surface area contributed by atoms with Crippen LogP contribution in [0.4, 0.5) is 4.79 Å². The lowest BCUT2D eigenvalue weighted by molar-refractivity contribution is -0.147. The molecule has 20 heavy (non-hydrogen) atoms. The molecule has 0 aliphatic carbocycles. The molecular weight excluding hydrogens is 268 g/mol. The van der Waals surface area contributed by atoms with Crippen LogP contribution in [0.1, 0.15) is 12.2 Å². The van der Waals surface area contributed by atoms with E-state index >= 15 is 0 Å². The summed E-state index contributed by atoms with van der Waals surface area (Å²) in [5.74, 6) is -1.32. The van der Waals surface area contributed by atoms with Crippen molar-refractivity contribution < 1.29 is 28.6 Å². The van der Waals surface area contributed by atoms with Crippen LogP contribution in [-0.2, 0) is 20.7 Å². The van der Waals surface area contributed by atoms with E-state index in [4.69, 9.17) is 9.52 Å². The highest BCUT2D eigenvalue weighted by atomic mass is 16.5. The number of carbonyl (C=O) groups excluding carboxylic acids is 2. The van der Waals surface area contributed by atoms with Gasteiger partial charge in [0, 0.05) is 13.0 Å². The van der Waals surface area contributed by atoms with Crippen LogP contribution < -0.4 is 10.6 Å². The van der Waals surface area contributed by atoms with Crippen molar-refractivity contribution in [3.63, 3.8) is 0 Å². The van der Waals surface area contributed by atoms with Crippen molar-refractivity contribution in [2.24, 2.45) is 0 Å². The maximum absolute atomic E-state index is 11.5. The second-order valence-electron chi connectivity index (χ2n) is 3.90. The Balaban J connectivity index is 2.34. The first-order chi connectivity index (χ1) is 9.52. The topological polar surface area (TPSA) is 118 Å². The Kier molecular flexibility index (Phi) is 6.08. The Labute approximate surface area is 115 Å². The minimum atomic E-state index is -1.33. The number of ether oxygens (including phenoxy) is 1. The maximum Gasteiger partial charge on any atom is 0.326 e. The van der Waals surface area contributed by atoms with E-state index in [1.807, 2.05) is 0 Å². The third-order valence-corrected chi connectivity index (χ3v) is 2.44. The summed E-state index contributed by atoms with van der Waals surface area (Å²) in [6.45, 7) is 0.282. The number of carboxylic acid groups (broad SMARTS) is 1. The minimum Gasteiger partial charge on any atom is -0.480 e. The number of nitrogens with one attached hydrogen (secondary N) is 2. The van der Waals surface area contributed by atoms with Crippen molar-refractivity contribution >= 4 is 18.0 Å². The van der Waals surface area contributed by atoms with E-state index in [1.54, 1.807) is 12.1 Å². The molecule has 0 aromatic carbocycles. The third kappa shape index (κ3) is 5.42. The number of hydrogen-bond acceptors (Lipinski definition) is 5. The lowest BCUT2D eigenvalue weighted by Crippen LogP contribution is -2.47. The van der Waals surface area contributed by atoms with E-state index in [-0.39, 0.29) is 6.54 Å². The number of urea groups is 1. The number of esters is 1. The van der Waals surface area contributed by atoms with Crippen LogP contribution in [0.2, 0.25) is 0 Å². The highest BCUT2D eigenvalue weighted by molar-refractivity contribution is 5.86. The first kappa shape index (κ1) is 15.5. The zero-order chi connectivity index (χ0) is 15.0. The summed E-state index contributed by atoms with van der Waals surface area (Å²) < 4.78 is 9.43. The van der Waals surface area contributed by atoms with Gasteiger partial charge in [0.1, 0.15) is 11.8 Å². The fourth-order valence-electron chi connectivity index (χ4n) is 1.41. The lowest BCUT2D eigenvalue weighted by atomic mass is 10.2. The number of furan rings is 1. The van der Waals surface area contributed by atoms with Gasteiger partial charge in [0.05, 0.1) is 19.8 Å². The second-order valence-corrected chi connectivity index (χ2v) is 3.90. The van der Waals surface area contributed by atoms with Gasteiger partial charge < -0.3 is 24.9 Å². The maximum atomic E-state index is 11.5. The smallest absolute Gasteiger partial charge is 0.326 e. The number of rotatable bonds is 7. The number of aliphatic carboxylic acids is 1. The van der Waals surface area contributed by atoms with Gasteiger partial charge in [0.15, 0.2) is 0 Å². The molecule has 3 N–H and O–H groups in total. The van der Waals surface area contributed by atoms with E-state index in [0.717, 1.165) is 7.11 Å². The molecule has 0 fully saturated rings. The van der Waals surface area contributed by atoms with E-state index in [9.17, 15) is 14.4 Å². The number of amides is 2. The molecule has 0 radical (unpaired) electrons. The van der Waals surface area contributed by atoms with Gasteiger partial charge in [-0.25, -0.2) is 9.59 Å². The van der Waals surface area contributed by atoms with Gasteiger partial charge in [-0.2, -0.15) is 0 Å². The first-order valence-corrected chi connectivity index (χ1v) is 5.89. The van der Waals surface area contributed by atoms with Crippen molar-refractivity contribution in [2.75, 3.05) is 13.7 Å². The summed E-state index contributed by atoms with van der Waals surface area (Å²) >= 11 is 0. The Morgan fingerprint density at radius 3 is 2.75 bits per heavy atom. The zero-order valence-electron chi connectivity index (χ0n) is 10.9. The summed E-state index contributed by atoms with van der Waals surface area (Å²) in [6, 6.07) is 1.49. The van der Waals surface area contributed by atoms with E-state index in [0.29, 0.717) is 12.2 Å². The third-order valence-electron chi connectivity index (χ3n) is 2.44. The second kappa shape index (κ2) is 7.82. The van der Waals surface area contributed by atoms with Gasteiger partial charge in [-0.15, -0.1) is 0 Å². The summed E-state index contributed by atoms with van der Waals surface area (Å²) in [4.78, 5) is 33.4. The van der Waals surface area contributed by atoms with Crippen molar-refractivity contribution in [1.82, 2.24) is 10.6 Å². The van der Waals surface area contributed by atoms with Crippen LogP contribution in [0.25, 0.3) is 0 Å². The predicted octanol–water partition coefficient (Wildman–Crippen LogP) is 0.138. The fraction of sp³-hybridized carbons (Fsp3) is 0.417. The van der Waals surface area contributed by atoms with Crippen LogP contribution in [-0.4, -0.2) is 42.8 Å². The zero-order valence-corrected chi connectivity index (χ0v) is 10.9. The summed E-state index contributed by atoms with van der Waals surface area (Å²) in [5.41, 5.74) is 0. The van der Waals surface area contributed by atoms with E-state index in [1.165, 1.54) is 6.26 Å². The average Bonchev–Trinajstić information content (AvgIpc) is 2.90. The van der Waals surface area contributed by atoms with Crippen LogP contribution in [0.3, 0.4) is 0 Å². The van der Waals surface area contributed by atoms with E-state index < -0.39 is 30.4 Å². The Morgan fingerprint density at radius 1 is 1.45 bits per heavy atom. The molecule has 1 heterocycles. The van der Waals surface area contributed by atoms with Crippen molar-refractivity contribution in [3.05, 3.63) is 24.2 Å². The fourth-order valence-corrected chi connectivity index (χ4v) is 1.41. The summed E-state index contributed by atoms with van der Waals surface area (Å²) in [7, 11) is 1.14. The molecule has 0 aliphatic rings. The molecule has 1 aromatic heterocycles. The molecule has 2 amide bonds. The first-order valence-electron chi connectivity index (χ1n) is 5.89. The molecule has 0 unspecified atom stereocenters. The van der Waals surface area contributed by atoms with Gasteiger partial charge in [0.2, 0.25) is 0 Å². The van der Waals surface area contributed by atoms with Crippen LogP contribution in [0, 0.1) is 0 Å². The van der Waals surface area contributed by atoms with Gasteiger partial charge in [-0.05, 0) is 12.1 Å². The number of carboxylic acids is 1. The Bertz CT molecular complexity index is 457. The van der Waals surface area contributed by atoms with Crippen LogP contribution in [0.15, 0.2) is 22.8 Å². The molecule has 1 atom stereocenters. The molecule has 0 spiro atoms. The number of methoxy groups -OCH3 is 1.